The molecular weight excluding hydrogens is 677 g/mol. The van der Waals surface area contributed by atoms with Crippen LogP contribution in [0.4, 0.5) is 34.1 Å². The lowest BCUT2D eigenvalue weighted by Crippen LogP contribution is -2.09. The molecule has 0 N–H and O–H groups in total. The van der Waals surface area contributed by atoms with Crippen molar-refractivity contribution < 1.29 is 5.48 Å². The zero-order valence-electron chi connectivity index (χ0n) is 34.7. The number of rotatable bonds is 10. The molecule has 0 aliphatic carbocycles. The molecule has 0 saturated heterocycles. The maximum absolute atomic E-state index is 9.17. The van der Waals surface area contributed by atoms with Crippen LogP contribution in [0.5, 0.6) is 0 Å². The van der Waals surface area contributed by atoms with E-state index in [0.29, 0.717) is 5.56 Å². The molecule has 2 heteroatoms. The predicted molar refractivity (Wildman–Crippen MR) is 238 cm³/mol. The third kappa shape index (κ3) is 7.37. The lowest BCUT2D eigenvalue weighted by molar-refractivity contribution is 1.28. The molecule has 2 nitrogen and oxygen atoms in total. The van der Waals surface area contributed by atoms with Gasteiger partial charge >= 0.3 is 0 Å². The second-order valence-electron chi connectivity index (χ2n) is 13.5. The van der Waals surface area contributed by atoms with Gasteiger partial charge in [0.2, 0.25) is 0 Å². The van der Waals surface area contributed by atoms with Crippen molar-refractivity contribution in [3.8, 4) is 44.5 Å². The fourth-order valence-corrected chi connectivity index (χ4v) is 7.07. The van der Waals surface area contributed by atoms with Gasteiger partial charge in [0.15, 0.2) is 0 Å². The molecule has 0 atom stereocenters. The highest BCUT2D eigenvalue weighted by Crippen LogP contribution is 2.39. The van der Waals surface area contributed by atoms with Gasteiger partial charge in [-0.15, -0.1) is 0 Å². The fourth-order valence-electron chi connectivity index (χ4n) is 7.07. The smallest absolute Gasteiger partial charge is 0.0645 e. The molecule has 0 unspecified atom stereocenters. The zero-order valence-corrected chi connectivity index (χ0v) is 30.7. The minimum atomic E-state index is -0.104. The summed E-state index contributed by atoms with van der Waals surface area (Å²) in [6.07, 6.45) is 0. The van der Waals surface area contributed by atoms with Gasteiger partial charge in [-0.2, -0.15) is 0 Å². The third-order valence-electron chi connectivity index (χ3n) is 9.96. The largest absolute Gasteiger partial charge is 0.311 e. The van der Waals surface area contributed by atoms with Crippen LogP contribution in [0.15, 0.2) is 243 Å². The third-order valence-corrected chi connectivity index (χ3v) is 9.96. The summed E-state index contributed by atoms with van der Waals surface area (Å²) in [6, 6.07) is 73.0. The van der Waals surface area contributed by atoms with E-state index in [2.05, 4.69) is 126 Å². The number of hydrogen-bond donors (Lipinski definition) is 0. The number of benzene rings is 9. The van der Waals surface area contributed by atoms with Crippen molar-refractivity contribution in [3.63, 3.8) is 0 Å². The number of nitrogens with zero attached hydrogens (tertiary/aromatic N) is 2. The summed E-state index contributed by atoms with van der Waals surface area (Å²) in [4.78, 5) is 4.05. The summed E-state index contributed by atoms with van der Waals surface area (Å²) in [5.74, 6) is 0. The Morgan fingerprint density at radius 2 is 0.429 bits per heavy atom. The highest BCUT2D eigenvalue weighted by Gasteiger charge is 2.15. The monoisotopic (exact) mass is 720 g/mol. The van der Waals surface area contributed by atoms with E-state index in [9.17, 15) is 2.74 Å². The topological polar surface area (TPSA) is 6.48 Å². The van der Waals surface area contributed by atoms with Crippen LogP contribution in [-0.4, -0.2) is 0 Å². The van der Waals surface area contributed by atoms with Crippen LogP contribution in [0, 0.1) is 0 Å². The van der Waals surface area contributed by atoms with Gasteiger partial charge in [-0.3, -0.25) is 0 Å². The molecule has 0 radical (unpaired) electrons. The molecule has 0 spiro atoms. The van der Waals surface area contributed by atoms with Gasteiger partial charge in [-0.1, -0.05) is 170 Å². The van der Waals surface area contributed by atoms with Crippen molar-refractivity contribution in [2.24, 2.45) is 0 Å². The standard InChI is InChI=1S/C54H40N2/c1-5-13-41(14-6-1)45-25-33-52(34-26-45)56(53-35-27-46(28-36-53)42-15-7-2-8-16-42)54-39-31-48(32-40-54)44-23-21-43(22-24-44)47-29-37-51(38-30-47)55(49-17-9-3-10-18-49)50-19-11-4-12-20-50/h1-40H/i29D,30D,37D,38D. The molecule has 0 aromatic heterocycles. The van der Waals surface area contributed by atoms with E-state index in [1.807, 2.05) is 97.1 Å². The van der Waals surface area contributed by atoms with E-state index in [0.717, 1.165) is 50.7 Å². The molecular formula is C54H40N2. The minimum Gasteiger partial charge on any atom is -0.311 e. The zero-order chi connectivity index (χ0) is 41.0. The Morgan fingerprint density at radius 3 is 0.768 bits per heavy atom. The van der Waals surface area contributed by atoms with Crippen LogP contribution < -0.4 is 9.80 Å². The Morgan fingerprint density at radius 1 is 0.196 bits per heavy atom. The maximum Gasteiger partial charge on any atom is 0.0645 e. The summed E-state index contributed by atoms with van der Waals surface area (Å²) in [5.41, 5.74) is 12.3. The van der Waals surface area contributed by atoms with Gasteiger partial charge in [-0.25, -0.2) is 0 Å². The van der Waals surface area contributed by atoms with Gasteiger partial charge in [0.25, 0.3) is 0 Å². The van der Waals surface area contributed by atoms with Crippen LogP contribution in [0.25, 0.3) is 44.5 Å². The molecule has 9 aromatic rings. The SMILES string of the molecule is [2H]c1c([2H])c(N(c2ccccc2)c2ccccc2)c([2H])c([2H])c1-c1ccc(-c2ccc(N(c3ccc(-c4ccccc4)cc3)c3ccc(-c4ccccc4)cc3)cc2)cc1. The van der Waals surface area contributed by atoms with Gasteiger partial charge in [0, 0.05) is 34.1 Å². The first-order valence-corrected chi connectivity index (χ1v) is 18.8. The van der Waals surface area contributed by atoms with Gasteiger partial charge < -0.3 is 9.80 Å². The molecule has 0 bridgehead atoms. The van der Waals surface area contributed by atoms with Crippen LogP contribution in [0.2, 0.25) is 0 Å². The molecule has 0 amide bonds. The first-order chi connectivity index (χ1) is 29.4. The van der Waals surface area contributed by atoms with E-state index in [1.54, 1.807) is 4.90 Å². The average molecular weight is 721 g/mol. The summed E-state index contributed by atoms with van der Waals surface area (Å²) < 4.78 is 36.6. The van der Waals surface area contributed by atoms with Gasteiger partial charge in [0.1, 0.15) is 0 Å². The lowest BCUT2D eigenvalue weighted by Gasteiger charge is -2.26. The summed E-state index contributed by atoms with van der Waals surface area (Å²) in [5, 5.41) is 0. The molecule has 0 heterocycles. The second-order valence-corrected chi connectivity index (χ2v) is 13.5. The highest BCUT2D eigenvalue weighted by atomic mass is 15.1. The molecule has 56 heavy (non-hydrogen) atoms. The summed E-state index contributed by atoms with van der Waals surface area (Å²) in [7, 11) is 0. The molecule has 0 aliphatic rings. The van der Waals surface area contributed by atoms with Crippen molar-refractivity contribution in [3.05, 3.63) is 243 Å². The molecule has 266 valence electrons. The lowest BCUT2D eigenvalue weighted by atomic mass is 9.99. The normalized spacial score (nSPS) is 11.9. The van der Waals surface area contributed by atoms with Crippen LogP contribution in [-0.2, 0) is 0 Å². The minimum absolute atomic E-state index is 0.0892. The Balaban J connectivity index is 1.03. The van der Waals surface area contributed by atoms with E-state index < -0.39 is 0 Å². The highest BCUT2D eigenvalue weighted by molar-refractivity contribution is 5.82. The summed E-state index contributed by atoms with van der Waals surface area (Å²) >= 11 is 0. The van der Waals surface area contributed by atoms with E-state index >= 15 is 0 Å². The molecule has 0 saturated carbocycles. The van der Waals surface area contributed by atoms with Crippen molar-refractivity contribution in [1.29, 1.82) is 0 Å². The number of anilines is 6. The number of para-hydroxylation sites is 2. The Labute approximate surface area is 335 Å². The van der Waals surface area contributed by atoms with Crippen molar-refractivity contribution >= 4 is 34.1 Å². The Kier molecular flexibility index (Phi) is 8.51. The van der Waals surface area contributed by atoms with Gasteiger partial charge in [-0.05, 0) is 117 Å². The molecule has 9 aromatic carbocycles. The fraction of sp³-hybridized carbons (Fsp3) is 0. The van der Waals surface area contributed by atoms with Crippen molar-refractivity contribution in [1.82, 2.24) is 0 Å². The quantitative estimate of drug-likeness (QED) is 0.139. The first kappa shape index (κ1) is 30.0. The number of hydrogen-bond acceptors (Lipinski definition) is 2. The maximum atomic E-state index is 9.17. The van der Waals surface area contributed by atoms with E-state index in [4.69, 9.17) is 2.74 Å². The molecule has 0 aliphatic heterocycles. The summed E-state index contributed by atoms with van der Waals surface area (Å²) in [6.45, 7) is 0. The van der Waals surface area contributed by atoms with E-state index in [-0.39, 0.29) is 35.4 Å². The predicted octanol–water partition coefficient (Wildman–Crippen LogP) is 15.3. The van der Waals surface area contributed by atoms with Crippen LogP contribution in [0.3, 0.4) is 0 Å². The molecule has 9 rings (SSSR count). The van der Waals surface area contributed by atoms with Crippen molar-refractivity contribution in [2.45, 2.75) is 0 Å². The van der Waals surface area contributed by atoms with Crippen LogP contribution in [0.1, 0.15) is 5.48 Å². The molecule has 0 fully saturated rings. The van der Waals surface area contributed by atoms with Crippen molar-refractivity contribution in [2.75, 3.05) is 9.80 Å². The van der Waals surface area contributed by atoms with E-state index in [1.165, 1.54) is 11.1 Å². The van der Waals surface area contributed by atoms with Gasteiger partial charge in [0.05, 0.1) is 5.48 Å². The Bertz CT molecular complexity index is 2700. The van der Waals surface area contributed by atoms with Crippen LogP contribution >= 0.6 is 0 Å². The first-order valence-electron chi connectivity index (χ1n) is 20.8. The Hall–Kier alpha value is -7.42. The average Bonchev–Trinajstić information content (AvgIpc) is 3.32. The second kappa shape index (κ2) is 15.9.